The van der Waals surface area contributed by atoms with Crippen molar-refractivity contribution in [2.24, 2.45) is 5.92 Å². The Morgan fingerprint density at radius 2 is 2.21 bits per heavy atom. The second kappa shape index (κ2) is 7.31. The van der Waals surface area contributed by atoms with Crippen molar-refractivity contribution in [2.75, 3.05) is 20.7 Å². The van der Waals surface area contributed by atoms with Gasteiger partial charge in [-0.1, -0.05) is 18.5 Å². The predicted octanol–water partition coefficient (Wildman–Crippen LogP) is 2.68. The van der Waals surface area contributed by atoms with Crippen molar-refractivity contribution in [1.82, 2.24) is 4.90 Å². The first-order chi connectivity index (χ1) is 8.93. The van der Waals surface area contributed by atoms with E-state index in [-0.39, 0.29) is 17.8 Å². The average Bonchev–Trinajstić information content (AvgIpc) is 2.80. The van der Waals surface area contributed by atoms with Crippen molar-refractivity contribution in [3.63, 3.8) is 0 Å². The number of hydrogen-bond donors (Lipinski definition) is 0. The summed E-state index contributed by atoms with van der Waals surface area (Å²) in [6, 6.07) is 3.62. The number of methoxy groups -OCH3 is 1. The number of carbonyl (C=O) groups excluding carboxylic acids is 2. The Bertz CT molecular complexity index is 484. The number of hydrogen-bond acceptors (Lipinski definition) is 4. The molecular formula is C13H16ClNO3S. The molecule has 0 saturated carbocycles. The van der Waals surface area contributed by atoms with Gasteiger partial charge in [-0.2, -0.15) is 0 Å². The van der Waals surface area contributed by atoms with Gasteiger partial charge in [-0.05, 0) is 18.2 Å². The molecule has 1 rings (SSSR count). The van der Waals surface area contributed by atoms with Crippen LogP contribution in [0.15, 0.2) is 18.2 Å². The van der Waals surface area contributed by atoms with E-state index in [2.05, 4.69) is 4.74 Å². The summed E-state index contributed by atoms with van der Waals surface area (Å²) in [5, 5.41) is 0. The monoisotopic (exact) mass is 301 g/mol. The molecule has 0 N–H and O–H groups in total. The van der Waals surface area contributed by atoms with E-state index < -0.39 is 0 Å². The highest BCUT2D eigenvalue weighted by Gasteiger charge is 2.17. The van der Waals surface area contributed by atoms with E-state index in [0.29, 0.717) is 10.9 Å². The molecule has 1 aromatic heterocycles. The SMILES string of the molecule is COC(=O)C(C)CN(C)C(=O)/C=C/c1ccc(Cl)s1. The van der Waals surface area contributed by atoms with Crippen LogP contribution >= 0.6 is 22.9 Å². The lowest BCUT2D eigenvalue weighted by atomic mass is 10.2. The van der Waals surface area contributed by atoms with Crippen LogP contribution in [-0.2, 0) is 14.3 Å². The summed E-state index contributed by atoms with van der Waals surface area (Å²) >= 11 is 7.19. The van der Waals surface area contributed by atoms with E-state index in [4.69, 9.17) is 11.6 Å². The number of amides is 1. The maximum atomic E-state index is 11.8. The Labute approximate surface area is 121 Å². The third-order valence-electron chi connectivity index (χ3n) is 2.51. The van der Waals surface area contributed by atoms with Gasteiger partial charge in [-0.3, -0.25) is 9.59 Å². The Morgan fingerprint density at radius 3 is 2.74 bits per heavy atom. The Kier molecular flexibility index (Phi) is 6.05. The van der Waals surface area contributed by atoms with Crippen molar-refractivity contribution in [3.05, 3.63) is 27.4 Å². The van der Waals surface area contributed by atoms with E-state index in [0.717, 1.165) is 4.88 Å². The van der Waals surface area contributed by atoms with Crippen LogP contribution in [0.2, 0.25) is 4.34 Å². The van der Waals surface area contributed by atoms with Gasteiger partial charge in [0.05, 0.1) is 17.4 Å². The normalized spacial score (nSPS) is 12.4. The van der Waals surface area contributed by atoms with Crippen LogP contribution in [0.5, 0.6) is 0 Å². The lowest BCUT2D eigenvalue weighted by Gasteiger charge is -2.18. The first kappa shape index (κ1) is 15.7. The predicted molar refractivity (Wildman–Crippen MR) is 77.2 cm³/mol. The largest absolute Gasteiger partial charge is 0.469 e. The van der Waals surface area contributed by atoms with Crippen molar-refractivity contribution >= 4 is 40.9 Å². The average molecular weight is 302 g/mol. The number of esters is 1. The molecule has 1 amide bonds. The molecule has 4 nitrogen and oxygen atoms in total. The summed E-state index contributed by atoms with van der Waals surface area (Å²) in [5.74, 6) is -0.836. The minimum absolute atomic E-state index is 0.166. The van der Waals surface area contributed by atoms with Gasteiger partial charge in [0.2, 0.25) is 5.91 Å². The molecule has 1 heterocycles. The maximum absolute atomic E-state index is 11.8. The Balaban J connectivity index is 2.53. The summed E-state index contributed by atoms with van der Waals surface area (Å²) in [7, 11) is 2.98. The zero-order valence-electron chi connectivity index (χ0n) is 11.1. The van der Waals surface area contributed by atoms with Crippen molar-refractivity contribution < 1.29 is 14.3 Å². The summed E-state index contributed by atoms with van der Waals surface area (Å²) < 4.78 is 5.30. The molecule has 19 heavy (non-hydrogen) atoms. The summed E-state index contributed by atoms with van der Waals surface area (Å²) in [5.41, 5.74) is 0. The van der Waals surface area contributed by atoms with E-state index in [9.17, 15) is 9.59 Å². The van der Waals surface area contributed by atoms with Crippen LogP contribution < -0.4 is 0 Å². The third-order valence-corrected chi connectivity index (χ3v) is 3.71. The topological polar surface area (TPSA) is 46.6 Å². The van der Waals surface area contributed by atoms with Gasteiger partial charge in [0.1, 0.15) is 0 Å². The molecular weight excluding hydrogens is 286 g/mol. The molecule has 1 atom stereocenters. The van der Waals surface area contributed by atoms with Gasteiger partial charge in [0, 0.05) is 24.5 Å². The van der Waals surface area contributed by atoms with Crippen LogP contribution in [0, 0.1) is 5.92 Å². The van der Waals surface area contributed by atoms with Crippen LogP contribution in [0.4, 0.5) is 0 Å². The molecule has 0 aliphatic rings. The number of nitrogens with zero attached hydrogens (tertiary/aromatic N) is 1. The van der Waals surface area contributed by atoms with E-state index >= 15 is 0 Å². The Morgan fingerprint density at radius 1 is 1.53 bits per heavy atom. The molecule has 0 spiro atoms. The van der Waals surface area contributed by atoms with E-state index in [1.807, 2.05) is 6.07 Å². The third kappa shape index (κ3) is 5.04. The summed E-state index contributed by atoms with van der Waals surface area (Å²) in [6.07, 6.45) is 3.17. The fraction of sp³-hybridized carbons (Fsp3) is 0.385. The van der Waals surface area contributed by atoms with Crippen LogP contribution in [0.1, 0.15) is 11.8 Å². The van der Waals surface area contributed by atoms with Crippen molar-refractivity contribution in [2.45, 2.75) is 6.92 Å². The standard InChI is InChI=1S/C13H16ClNO3S/c1-9(13(17)18-3)8-15(2)12(16)7-5-10-4-6-11(14)19-10/h4-7,9H,8H2,1-3H3/b7-5+. The fourth-order valence-electron chi connectivity index (χ4n) is 1.47. The molecule has 0 aliphatic carbocycles. The maximum Gasteiger partial charge on any atom is 0.310 e. The lowest BCUT2D eigenvalue weighted by Crippen LogP contribution is -2.33. The molecule has 1 aromatic rings. The summed E-state index contributed by atoms with van der Waals surface area (Å²) in [4.78, 5) is 25.5. The van der Waals surface area contributed by atoms with Gasteiger partial charge < -0.3 is 9.64 Å². The number of rotatable bonds is 5. The molecule has 104 valence electrons. The highest BCUT2D eigenvalue weighted by molar-refractivity contribution is 7.17. The van der Waals surface area contributed by atoms with Gasteiger partial charge in [-0.15, -0.1) is 11.3 Å². The molecule has 0 radical (unpaired) electrons. The molecule has 0 saturated heterocycles. The second-order valence-electron chi connectivity index (χ2n) is 4.12. The molecule has 1 unspecified atom stereocenters. The highest BCUT2D eigenvalue weighted by atomic mass is 35.5. The van der Waals surface area contributed by atoms with Crippen molar-refractivity contribution in [1.29, 1.82) is 0 Å². The van der Waals surface area contributed by atoms with Gasteiger partial charge in [0.25, 0.3) is 0 Å². The zero-order chi connectivity index (χ0) is 14.4. The first-order valence-corrected chi connectivity index (χ1v) is 6.90. The number of likely N-dealkylation sites (N-methyl/N-ethyl adjacent to an activating group) is 1. The van der Waals surface area contributed by atoms with Gasteiger partial charge in [0.15, 0.2) is 0 Å². The fourth-order valence-corrected chi connectivity index (χ4v) is 2.44. The first-order valence-electron chi connectivity index (χ1n) is 5.70. The molecule has 0 aliphatic heterocycles. The quantitative estimate of drug-likeness (QED) is 0.620. The number of ether oxygens (including phenoxy) is 1. The molecule has 0 fully saturated rings. The lowest BCUT2D eigenvalue weighted by molar-refractivity contribution is -0.145. The van der Waals surface area contributed by atoms with E-state index in [1.165, 1.54) is 29.4 Å². The van der Waals surface area contributed by atoms with Gasteiger partial charge in [-0.25, -0.2) is 0 Å². The van der Waals surface area contributed by atoms with Crippen LogP contribution in [-0.4, -0.2) is 37.5 Å². The minimum Gasteiger partial charge on any atom is -0.469 e. The van der Waals surface area contributed by atoms with Crippen LogP contribution in [0.25, 0.3) is 6.08 Å². The second-order valence-corrected chi connectivity index (χ2v) is 5.86. The minimum atomic E-state index is -0.344. The molecule has 6 heteroatoms. The van der Waals surface area contributed by atoms with Crippen LogP contribution in [0.3, 0.4) is 0 Å². The zero-order valence-corrected chi connectivity index (χ0v) is 12.6. The Hall–Kier alpha value is -1.33. The molecule has 0 aromatic carbocycles. The van der Waals surface area contributed by atoms with Crippen molar-refractivity contribution in [3.8, 4) is 0 Å². The number of thiophene rings is 1. The number of halogens is 1. The highest BCUT2D eigenvalue weighted by Crippen LogP contribution is 2.22. The number of carbonyl (C=O) groups is 2. The molecule has 0 bridgehead atoms. The summed E-state index contributed by atoms with van der Waals surface area (Å²) in [6.45, 7) is 2.04. The smallest absolute Gasteiger partial charge is 0.310 e. The van der Waals surface area contributed by atoms with Gasteiger partial charge >= 0.3 is 5.97 Å². The van der Waals surface area contributed by atoms with E-state index in [1.54, 1.807) is 26.1 Å².